The van der Waals surface area contributed by atoms with Crippen molar-refractivity contribution in [2.24, 2.45) is 5.92 Å². The minimum Gasteiger partial charge on any atom is -0.326 e. The van der Waals surface area contributed by atoms with Crippen LogP contribution in [0.1, 0.15) is 13.3 Å². The van der Waals surface area contributed by atoms with Crippen LogP contribution in [0.2, 0.25) is 0 Å². The second kappa shape index (κ2) is 4.84. The van der Waals surface area contributed by atoms with E-state index in [-0.39, 0.29) is 41.7 Å². The molecule has 0 bridgehead atoms. The van der Waals surface area contributed by atoms with E-state index < -0.39 is 9.84 Å². The van der Waals surface area contributed by atoms with E-state index in [9.17, 15) is 18.0 Å². The number of hydrogen-bond donors (Lipinski definition) is 1. The van der Waals surface area contributed by atoms with Crippen LogP contribution in [-0.2, 0) is 19.4 Å². The van der Waals surface area contributed by atoms with Crippen molar-refractivity contribution in [3.63, 3.8) is 0 Å². The van der Waals surface area contributed by atoms with Gasteiger partial charge in [0, 0.05) is 30.6 Å². The predicted octanol–water partition coefficient (Wildman–Crippen LogP) is 0.795. The van der Waals surface area contributed by atoms with Gasteiger partial charge in [-0.1, -0.05) is 0 Å². The smallest absolute Gasteiger partial charge is 0.227 e. The molecule has 2 atom stereocenters. The topological polar surface area (TPSA) is 83.6 Å². The third-order valence-corrected chi connectivity index (χ3v) is 5.73. The third kappa shape index (κ3) is 2.65. The Morgan fingerprint density at radius 3 is 2.52 bits per heavy atom. The molecule has 2 unspecified atom stereocenters. The van der Waals surface area contributed by atoms with Gasteiger partial charge in [0.1, 0.15) is 0 Å². The van der Waals surface area contributed by atoms with E-state index in [1.807, 2.05) is 0 Å². The molecular formula is C14H16N2O4S. The zero-order chi connectivity index (χ0) is 15.2. The summed E-state index contributed by atoms with van der Waals surface area (Å²) in [5.41, 5.74) is 1.33. The minimum atomic E-state index is -3.04. The molecule has 3 rings (SSSR count). The fourth-order valence-corrected chi connectivity index (χ4v) is 5.20. The van der Waals surface area contributed by atoms with Crippen LogP contribution in [0.4, 0.5) is 11.4 Å². The fraction of sp³-hybridized carbons (Fsp3) is 0.429. The highest BCUT2D eigenvalue weighted by Crippen LogP contribution is 2.37. The summed E-state index contributed by atoms with van der Waals surface area (Å²) in [6.07, 6.45) is 0.289. The molecule has 2 aliphatic rings. The van der Waals surface area contributed by atoms with E-state index in [0.717, 1.165) is 0 Å². The summed E-state index contributed by atoms with van der Waals surface area (Å²) in [5.74, 6) is -0.160. The van der Waals surface area contributed by atoms with Gasteiger partial charge in [0.15, 0.2) is 9.84 Å². The van der Waals surface area contributed by atoms with Gasteiger partial charge in [-0.05, 0) is 24.3 Å². The van der Waals surface area contributed by atoms with Crippen molar-refractivity contribution in [2.45, 2.75) is 19.4 Å². The summed E-state index contributed by atoms with van der Waals surface area (Å²) in [6, 6.07) is 6.63. The molecule has 6 nitrogen and oxygen atoms in total. The molecule has 1 aromatic rings. The molecule has 0 aliphatic carbocycles. The number of amides is 2. The van der Waals surface area contributed by atoms with Crippen molar-refractivity contribution in [2.75, 3.05) is 21.7 Å². The maximum absolute atomic E-state index is 12.1. The lowest BCUT2D eigenvalue weighted by atomic mass is 10.0. The molecule has 7 heteroatoms. The number of anilines is 2. The summed E-state index contributed by atoms with van der Waals surface area (Å²) >= 11 is 0. The number of fused-ring (bicyclic) bond motifs is 1. The lowest BCUT2D eigenvalue weighted by molar-refractivity contribution is -0.117. The first-order valence-corrected chi connectivity index (χ1v) is 8.58. The van der Waals surface area contributed by atoms with Crippen molar-refractivity contribution < 1.29 is 18.0 Å². The molecule has 1 aromatic carbocycles. The number of nitrogens with one attached hydrogen (secondary N) is 1. The first-order chi connectivity index (χ1) is 9.85. The van der Waals surface area contributed by atoms with Gasteiger partial charge in [-0.3, -0.25) is 9.59 Å². The molecule has 2 heterocycles. The van der Waals surface area contributed by atoms with Crippen LogP contribution in [0.15, 0.2) is 24.3 Å². The Balaban J connectivity index is 1.85. The van der Waals surface area contributed by atoms with E-state index in [4.69, 9.17) is 0 Å². The first-order valence-electron chi connectivity index (χ1n) is 6.76. The molecule has 0 spiro atoms. The van der Waals surface area contributed by atoms with Crippen LogP contribution in [-0.4, -0.2) is 37.8 Å². The summed E-state index contributed by atoms with van der Waals surface area (Å²) < 4.78 is 23.4. The number of carbonyl (C=O) groups is 2. The maximum atomic E-state index is 12.1. The van der Waals surface area contributed by atoms with Gasteiger partial charge in [-0.25, -0.2) is 8.42 Å². The van der Waals surface area contributed by atoms with Crippen molar-refractivity contribution >= 4 is 33.0 Å². The number of hydrogen-bond acceptors (Lipinski definition) is 4. The van der Waals surface area contributed by atoms with Crippen LogP contribution in [0.3, 0.4) is 0 Å². The summed E-state index contributed by atoms with van der Waals surface area (Å²) in [4.78, 5) is 24.7. The molecule has 1 N–H and O–H groups in total. The quantitative estimate of drug-likeness (QED) is 0.875. The van der Waals surface area contributed by atoms with E-state index in [1.165, 1.54) is 6.92 Å². The lowest BCUT2D eigenvalue weighted by Crippen LogP contribution is -2.36. The van der Waals surface area contributed by atoms with E-state index >= 15 is 0 Å². The Hall–Kier alpha value is -1.89. The Labute approximate surface area is 123 Å². The van der Waals surface area contributed by atoms with Crippen molar-refractivity contribution in [1.82, 2.24) is 0 Å². The zero-order valence-electron chi connectivity index (χ0n) is 11.6. The lowest BCUT2D eigenvalue weighted by Gasteiger charge is -2.23. The molecule has 0 aromatic heterocycles. The summed E-state index contributed by atoms with van der Waals surface area (Å²) in [5, 5.41) is 2.65. The number of rotatable bonds is 2. The number of benzene rings is 1. The number of sulfone groups is 1. The number of nitrogens with zero attached hydrogens (tertiary/aromatic N) is 1. The third-order valence-electron chi connectivity index (χ3n) is 3.94. The molecule has 2 saturated heterocycles. The van der Waals surface area contributed by atoms with Crippen LogP contribution in [0.25, 0.3) is 0 Å². The Kier molecular flexibility index (Phi) is 3.24. The van der Waals surface area contributed by atoms with Gasteiger partial charge in [0.2, 0.25) is 11.8 Å². The SMILES string of the molecule is CC(=O)Nc1ccc(N2C(=O)CC3CS(=O)(=O)CC32)cc1. The average molecular weight is 308 g/mol. The van der Waals surface area contributed by atoms with Gasteiger partial charge in [-0.2, -0.15) is 0 Å². The van der Waals surface area contributed by atoms with E-state index in [2.05, 4.69) is 5.32 Å². The monoisotopic (exact) mass is 308 g/mol. The molecule has 0 saturated carbocycles. The van der Waals surface area contributed by atoms with Gasteiger partial charge < -0.3 is 10.2 Å². The zero-order valence-corrected chi connectivity index (χ0v) is 12.4. The second-order valence-electron chi connectivity index (χ2n) is 5.60. The first kappa shape index (κ1) is 14.1. The van der Waals surface area contributed by atoms with Crippen molar-refractivity contribution in [1.29, 1.82) is 0 Å². The van der Waals surface area contributed by atoms with E-state index in [0.29, 0.717) is 11.4 Å². The molecule has 2 amide bonds. The van der Waals surface area contributed by atoms with Crippen molar-refractivity contribution in [3.05, 3.63) is 24.3 Å². The van der Waals surface area contributed by atoms with Gasteiger partial charge in [0.25, 0.3) is 0 Å². The van der Waals surface area contributed by atoms with Crippen LogP contribution in [0.5, 0.6) is 0 Å². The molecule has 2 aliphatic heterocycles. The molecule has 112 valence electrons. The van der Waals surface area contributed by atoms with Crippen LogP contribution in [0, 0.1) is 5.92 Å². The second-order valence-corrected chi connectivity index (χ2v) is 7.75. The Morgan fingerprint density at radius 1 is 1.24 bits per heavy atom. The van der Waals surface area contributed by atoms with Crippen molar-refractivity contribution in [3.8, 4) is 0 Å². The highest BCUT2D eigenvalue weighted by atomic mass is 32.2. The van der Waals surface area contributed by atoms with Crippen LogP contribution >= 0.6 is 0 Å². The molecule has 21 heavy (non-hydrogen) atoms. The van der Waals surface area contributed by atoms with Crippen LogP contribution < -0.4 is 10.2 Å². The number of carbonyl (C=O) groups excluding carboxylic acids is 2. The standard InChI is InChI=1S/C14H16N2O4S/c1-9(17)15-11-2-4-12(5-3-11)16-13-8-21(19,20)7-10(13)6-14(16)18/h2-5,10,13H,6-8H2,1H3,(H,15,17). The van der Waals surface area contributed by atoms with Gasteiger partial charge in [0.05, 0.1) is 17.5 Å². The highest BCUT2D eigenvalue weighted by molar-refractivity contribution is 7.91. The molecular weight excluding hydrogens is 292 g/mol. The normalized spacial score (nSPS) is 26.7. The fourth-order valence-electron chi connectivity index (χ4n) is 3.13. The molecule has 2 fully saturated rings. The minimum absolute atomic E-state index is 0.0350. The summed E-state index contributed by atoms with van der Waals surface area (Å²) in [7, 11) is -3.04. The average Bonchev–Trinajstić information content (AvgIpc) is 2.80. The van der Waals surface area contributed by atoms with Gasteiger partial charge in [-0.15, -0.1) is 0 Å². The predicted molar refractivity (Wildman–Crippen MR) is 78.8 cm³/mol. The highest BCUT2D eigenvalue weighted by Gasteiger charge is 2.49. The molecule has 0 radical (unpaired) electrons. The Bertz CT molecular complexity index is 696. The largest absolute Gasteiger partial charge is 0.326 e. The van der Waals surface area contributed by atoms with E-state index in [1.54, 1.807) is 29.2 Å². The Morgan fingerprint density at radius 2 is 1.90 bits per heavy atom. The van der Waals surface area contributed by atoms with Gasteiger partial charge >= 0.3 is 0 Å². The maximum Gasteiger partial charge on any atom is 0.227 e. The summed E-state index contributed by atoms with van der Waals surface area (Å²) in [6.45, 7) is 1.42.